The first kappa shape index (κ1) is 12.3. The summed E-state index contributed by atoms with van der Waals surface area (Å²) in [4.78, 5) is 10.2. The van der Waals surface area contributed by atoms with Crippen molar-refractivity contribution < 1.29 is 72.8 Å². The Labute approximate surface area is 120 Å². The van der Waals surface area contributed by atoms with Crippen molar-refractivity contribution in [3.63, 3.8) is 0 Å². The minimum absolute atomic E-state index is 0. The van der Waals surface area contributed by atoms with Crippen LogP contribution in [0.1, 0.15) is 10.4 Å². The molecule has 4 heteroatoms. The van der Waals surface area contributed by atoms with Crippen LogP contribution >= 0.6 is 0 Å². The fourth-order valence-electron chi connectivity index (χ4n) is 0.727. The number of aromatic carboxylic acids is 1. The van der Waals surface area contributed by atoms with Crippen LogP contribution in [0.15, 0.2) is 24.3 Å². The zero-order chi connectivity index (χ0) is 8.27. The summed E-state index contributed by atoms with van der Waals surface area (Å²) in [6.45, 7) is 0. The van der Waals surface area contributed by atoms with E-state index < -0.39 is 5.97 Å². The molecule has 0 saturated carbocycles. The quantitative estimate of drug-likeness (QED) is 0.552. The van der Waals surface area contributed by atoms with Crippen molar-refractivity contribution in [3.8, 4) is 5.75 Å². The molecule has 1 aromatic rings. The molecule has 1 rings (SSSR count). The number of carbonyl (C=O) groups excluding carboxylic acids is 1. The second kappa shape index (κ2) is 5.86. The molecule has 0 heterocycles. The Bertz CT molecular complexity index is 256. The van der Waals surface area contributed by atoms with E-state index in [4.69, 9.17) is 4.74 Å². The number of benzene rings is 1. The third-order valence-electron chi connectivity index (χ3n) is 1.33. The molecule has 0 bridgehead atoms. The topological polar surface area (TPSA) is 49.4 Å². The predicted octanol–water partition coefficient (Wildman–Crippen LogP) is -2.94. The zero-order valence-corrected chi connectivity index (χ0v) is 12.0. The molecular formula is C8H7O3Rb. The first-order valence-corrected chi connectivity index (χ1v) is 3.09. The van der Waals surface area contributed by atoms with Gasteiger partial charge in [0.25, 0.3) is 0 Å². The Hall–Kier alpha value is 0.295. The summed E-state index contributed by atoms with van der Waals surface area (Å²) in [6, 6.07) is 6.03. The van der Waals surface area contributed by atoms with E-state index in [0.717, 1.165) is 0 Å². The summed E-state index contributed by atoms with van der Waals surface area (Å²) in [6.07, 6.45) is 0. The third kappa shape index (κ3) is 3.35. The molecule has 12 heavy (non-hydrogen) atoms. The molecule has 0 fully saturated rings. The molecule has 0 aliphatic rings. The molecule has 0 saturated heterocycles. The van der Waals surface area contributed by atoms with Crippen LogP contribution < -0.4 is 68.0 Å². The molecule has 0 unspecified atom stereocenters. The molecule has 0 spiro atoms. The molecule has 0 amide bonds. The van der Waals surface area contributed by atoms with Crippen molar-refractivity contribution >= 4 is 5.97 Å². The average Bonchev–Trinajstić information content (AvgIpc) is 2.05. The maximum Gasteiger partial charge on any atom is 1.00 e. The largest absolute Gasteiger partial charge is 1.00 e. The van der Waals surface area contributed by atoms with E-state index in [0.29, 0.717) is 5.75 Å². The van der Waals surface area contributed by atoms with Crippen molar-refractivity contribution in [1.82, 2.24) is 0 Å². The van der Waals surface area contributed by atoms with Gasteiger partial charge >= 0.3 is 58.2 Å². The van der Waals surface area contributed by atoms with E-state index >= 15 is 0 Å². The van der Waals surface area contributed by atoms with Gasteiger partial charge in [-0.25, -0.2) is 0 Å². The maximum atomic E-state index is 10.2. The van der Waals surface area contributed by atoms with Gasteiger partial charge in [0, 0.05) is 0 Å². The number of rotatable bonds is 2. The number of methoxy groups -OCH3 is 1. The van der Waals surface area contributed by atoms with Crippen LogP contribution in [0.3, 0.4) is 0 Å². The number of ether oxygens (including phenoxy) is 1. The van der Waals surface area contributed by atoms with Gasteiger partial charge in [-0.05, 0) is 29.8 Å². The Balaban J connectivity index is 0.00000121. The second-order valence-corrected chi connectivity index (χ2v) is 2.02. The average molecular weight is 237 g/mol. The van der Waals surface area contributed by atoms with E-state index in [1.165, 1.54) is 19.2 Å². The molecule has 58 valence electrons. The van der Waals surface area contributed by atoms with Gasteiger partial charge in [0.1, 0.15) is 5.75 Å². The van der Waals surface area contributed by atoms with Crippen LogP contribution in [0.4, 0.5) is 0 Å². The minimum atomic E-state index is -1.17. The molecule has 0 aliphatic heterocycles. The fraction of sp³-hybridized carbons (Fsp3) is 0.125. The summed E-state index contributed by atoms with van der Waals surface area (Å²) >= 11 is 0. The van der Waals surface area contributed by atoms with Crippen LogP contribution in [0.5, 0.6) is 5.75 Å². The van der Waals surface area contributed by atoms with Gasteiger partial charge in [0.05, 0.1) is 13.1 Å². The van der Waals surface area contributed by atoms with Gasteiger partial charge in [0.15, 0.2) is 0 Å². The van der Waals surface area contributed by atoms with Gasteiger partial charge in [0.2, 0.25) is 0 Å². The van der Waals surface area contributed by atoms with Gasteiger partial charge < -0.3 is 14.6 Å². The molecule has 0 atom stereocenters. The number of carboxylic acid groups (broad SMARTS) is 1. The van der Waals surface area contributed by atoms with Crippen LogP contribution in [0, 0.1) is 0 Å². The molecule has 3 nitrogen and oxygen atoms in total. The Morgan fingerprint density at radius 1 is 1.33 bits per heavy atom. The van der Waals surface area contributed by atoms with Crippen molar-refractivity contribution in [3.05, 3.63) is 29.8 Å². The van der Waals surface area contributed by atoms with Crippen molar-refractivity contribution in [2.45, 2.75) is 0 Å². The van der Waals surface area contributed by atoms with Crippen molar-refractivity contribution in [1.29, 1.82) is 0 Å². The molecule has 0 aromatic heterocycles. The second-order valence-electron chi connectivity index (χ2n) is 2.02. The predicted molar refractivity (Wildman–Crippen MR) is 37.3 cm³/mol. The molecule has 0 aliphatic carbocycles. The van der Waals surface area contributed by atoms with Gasteiger partial charge in [-0.1, -0.05) is 0 Å². The van der Waals surface area contributed by atoms with Crippen LogP contribution in [0.2, 0.25) is 0 Å². The number of hydrogen-bond donors (Lipinski definition) is 0. The Morgan fingerprint density at radius 3 is 2.17 bits per heavy atom. The third-order valence-corrected chi connectivity index (χ3v) is 1.33. The minimum Gasteiger partial charge on any atom is -0.545 e. The molecule has 1 aromatic carbocycles. The van der Waals surface area contributed by atoms with Gasteiger partial charge in [-0.15, -0.1) is 0 Å². The van der Waals surface area contributed by atoms with Gasteiger partial charge in [-0.3, -0.25) is 0 Å². The van der Waals surface area contributed by atoms with Crippen LogP contribution in [-0.4, -0.2) is 13.1 Å². The van der Waals surface area contributed by atoms with E-state index in [1.807, 2.05) is 0 Å². The fourth-order valence-corrected chi connectivity index (χ4v) is 0.727. The summed E-state index contributed by atoms with van der Waals surface area (Å²) in [5.41, 5.74) is 0.158. The zero-order valence-electron chi connectivity index (χ0n) is 7.03. The van der Waals surface area contributed by atoms with E-state index in [9.17, 15) is 9.90 Å². The summed E-state index contributed by atoms with van der Waals surface area (Å²) < 4.78 is 4.84. The first-order chi connectivity index (χ1) is 5.24. The Morgan fingerprint density at radius 2 is 1.83 bits per heavy atom. The van der Waals surface area contributed by atoms with Crippen molar-refractivity contribution in [2.24, 2.45) is 0 Å². The summed E-state index contributed by atoms with van der Waals surface area (Å²) in [5.74, 6) is -0.539. The van der Waals surface area contributed by atoms with E-state index in [2.05, 4.69) is 0 Å². The maximum absolute atomic E-state index is 10.2. The molecular weight excluding hydrogens is 230 g/mol. The van der Waals surface area contributed by atoms with Crippen LogP contribution in [0.25, 0.3) is 0 Å². The molecule has 0 N–H and O–H groups in total. The normalized spacial score (nSPS) is 8.42. The monoisotopic (exact) mass is 236 g/mol. The van der Waals surface area contributed by atoms with Crippen molar-refractivity contribution in [2.75, 3.05) is 7.11 Å². The molecule has 0 radical (unpaired) electrons. The number of carbonyl (C=O) groups is 1. The number of hydrogen-bond acceptors (Lipinski definition) is 3. The summed E-state index contributed by atoms with van der Waals surface area (Å²) in [7, 11) is 1.52. The smallest absolute Gasteiger partial charge is 0.545 e. The van der Waals surface area contributed by atoms with Crippen LogP contribution in [-0.2, 0) is 0 Å². The Kier molecular flexibility index (Phi) is 6.00. The van der Waals surface area contributed by atoms with E-state index in [1.54, 1.807) is 12.1 Å². The SMILES string of the molecule is COc1ccc(C(=O)[O-])cc1.[Rb+]. The number of carboxylic acids is 1. The first-order valence-electron chi connectivity index (χ1n) is 3.09. The summed E-state index contributed by atoms with van der Waals surface area (Å²) in [5, 5.41) is 10.2. The van der Waals surface area contributed by atoms with Gasteiger partial charge in [-0.2, -0.15) is 0 Å². The standard InChI is InChI=1S/C8H8O3.Rb/c1-11-7-4-2-6(3-5-7)8(9)10;/h2-5H,1H3,(H,9,10);/q;+1/p-1. The van der Waals surface area contributed by atoms with E-state index in [-0.39, 0.29) is 63.8 Å².